The summed E-state index contributed by atoms with van der Waals surface area (Å²) in [5, 5.41) is 0. The average molecular weight is 240 g/mol. The van der Waals surface area contributed by atoms with E-state index in [1.807, 2.05) is 0 Å². The van der Waals surface area contributed by atoms with Crippen LogP contribution in [0.4, 0.5) is 0 Å². The Morgan fingerprint density at radius 1 is 1.15 bits per heavy atom. The Kier molecular flexibility index (Phi) is 4.79. The molecule has 0 aliphatic heterocycles. The number of hydrogen-bond acceptors (Lipinski definition) is 1. The molecule has 0 bridgehead atoms. The second-order valence-corrected chi connectivity index (χ2v) is 3.80. The fourth-order valence-electron chi connectivity index (χ4n) is 1.05. The number of rotatable bonds is 4. The van der Waals surface area contributed by atoms with Crippen LogP contribution in [0.1, 0.15) is 12.0 Å². The van der Waals surface area contributed by atoms with Gasteiger partial charge in [0.1, 0.15) is 0 Å². The van der Waals surface area contributed by atoms with E-state index in [9.17, 15) is 0 Å². The van der Waals surface area contributed by atoms with Gasteiger partial charge in [-0.25, -0.2) is 0 Å². The van der Waals surface area contributed by atoms with E-state index in [1.165, 1.54) is 5.56 Å². The summed E-state index contributed by atoms with van der Waals surface area (Å²) in [4.78, 5) is 0. The Balaban J connectivity index is 2.41. The maximum Gasteiger partial charge on any atom is 0.0175 e. The molecule has 0 amide bonds. The van der Waals surface area contributed by atoms with Gasteiger partial charge in [-0.2, -0.15) is 0 Å². The first kappa shape index (κ1) is 10.5. The van der Waals surface area contributed by atoms with E-state index in [0.717, 1.165) is 23.9 Å². The third kappa shape index (κ3) is 4.25. The molecule has 1 rings (SSSR count). The van der Waals surface area contributed by atoms with Crippen LogP contribution in [-0.2, 0) is 6.42 Å². The van der Waals surface area contributed by atoms with Crippen LogP contribution in [0.2, 0.25) is 0 Å². The zero-order chi connectivity index (χ0) is 9.52. The zero-order valence-corrected chi connectivity index (χ0v) is 9.13. The van der Waals surface area contributed by atoms with Gasteiger partial charge in [-0.15, -0.1) is 0 Å². The molecule has 2 heteroatoms. The van der Waals surface area contributed by atoms with E-state index in [2.05, 4.69) is 52.3 Å². The van der Waals surface area contributed by atoms with Crippen molar-refractivity contribution in [3.05, 3.63) is 46.5 Å². The highest BCUT2D eigenvalue weighted by Gasteiger charge is 1.88. The predicted molar refractivity (Wildman–Crippen MR) is 60.7 cm³/mol. The van der Waals surface area contributed by atoms with Gasteiger partial charge in [0.2, 0.25) is 0 Å². The van der Waals surface area contributed by atoms with Crippen LogP contribution in [0.5, 0.6) is 0 Å². The number of nitrogens with two attached hydrogens (primary N) is 1. The molecule has 13 heavy (non-hydrogen) atoms. The molecule has 0 unspecified atom stereocenters. The van der Waals surface area contributed by atoms with Gasteiger partial charge in [0.25, 0.3) is 0 Å². The number of hydrogen-bond donors (Lipinski definition) is 1. The normalized spacial score (nSPS) is 10.9. The maximum atomic E-state index is 5.37. The van der Waals surface area contributed by atoms with E-state index in [1.54, 1.807) is 0 Å². The highest BCUT2D eigenvalue weighted by atomic mass is 79.9. The molecule has 0 aliphatic rings. The number of halogens is 1. The molecular formula is C11H14BrN. The van der Waals surface area contributed by atoms with Crippen molar-refractivity contribution in [3.8, 4) is 0 Å². The lowest BCUT2D eigenvalue weighted by Gasteiger charge is -1.95. The molecule has 2 N–H and O–H groups in total. The monoisotopic (exact) mass is 239 g/mol. The molecule has 1 nitrogen and oxygen atoms in total. The van der Waals surface area contributed by atoms with Crippen molar-refractivity contribution >= 4 is 15.9 Å². The van der Waals surface area contributed by atoms with E-state index >= 15 is 0 Å². The highest BCUT2D eigenvalue weighted by Crippen LogP contribution is 2.10. The first-order valence-corrected chi connectivity index (χ1v) is 5.21. The Hall–Kier alpha value is -0.600. The molecule has 0 heterocycles. The summed E-state index contributed by atoms with van der Waals surface area (Å²) in [5.41, 5.74) is 6.70. The maximum absolute atomic E-state index is 5.37. The first-order valence-electron chi connectivity index (χ1n) is 4.42. The third-order valence-electron chi connectivity index (χ3n) is 1.77. The van der Waals surface area contributed by atoms with Crippen molar-refractivity contribution in [1.29, 1.82) is 0 Å². The summed E-state index contributed by atoms with van der Waals surface area (Å²) in [6.45, 7) is 0.733. The Morgan fingerprint density at radius 2 is 1.85 bits per heavy atom. The molecule has 1 aromatic rings. The highest BCUT2D eigenvalue weighted by molar-refractivity contribution is 9.10. The summed E-state index contributed by atoms with van der Waals surface area (Å²) >= 11 is 3.40. The second-order valence-electron chi connectivity index (χ2n) is 2.88. The van der Waals surface area contributed by atoms with Crippen LogP contribution in [0, 0.1) is 0 Å². The van der Waals surface area contributed by atoms with Crippen molar-refractivity contribution in [3.63, 3.8) is 0 Å². The molecule has 0 saturated carbocycles. The van der Waals surface area contributed by atoms with Crippen LogP contribution in [0.25, 0.3) is 0 Å². The van der Waals surface area contributed by atoms with Crippen LogP contribution in [-0.4, -0.2) is 6.54 Å². The molecule has 1 aromatic carbocycles. The molecule has 0 fully saturated rings. The molecule has 0 spiro atoms. The van der Waals surface area contributed by atoms with E-state index in [0.29, 0.717) is 0 Å². The van der Waals surface area contributed by atoms with Gasteiger partial charge in [0, 0.05) is 4.47 Å². The van der Waals surface area contributed by atoms with Crippen LogP contribution in [0.15, 0.2) is 40.9 Å². The van der Waals surface area contributed by atoms with E-state index < -0.39 is 0 Å². The summed E-state index contributed by atoms with van der Waals surface area (Å²) in [6, 6.07) is 8.37. The molecule has 70 valence electrons. The first-order chi connectivity index (χ1) is 6.33. The molecular weight excluding hydrogens is 226 g/mol. The fourth-order valence-corrected chi connectivity index (χ4v) is 1.32. The third-order valence-corrected chi connectivity index (χ3v) is 2.30. The SMILES string of the molecule is NCCC=CCc1ccc(Br)cc1. The van der Waals surface area contributed by atoms with E-state index in [4.69, 9.17) is 5.73 Å². The Morgan fingerprint density at radius 3 is 2.46 bits per heavy atom. The van der Waals surface area contributed by atoms with Gasteiger partial charge in [-0.3, -0.25) is 0 Å². The Labute approximate surface area is 87.8 Å². The van der Waals surface area contributed by atoms with Crippen molar-refractivity contribution in [2.24, 2.45) is 5.73 Å². The van der Waals surface area contributed by atoms with Gasteiger partial charge in [-0.05, 0) is 37.1 Å². The average Bonchev–Trinajstić information content (AvgIpc) is 2.15. The minimum atomic E-state index is 0.733. The van der Waals surface area contributed by atoms with Crippen molar-refractivity contribution in [2.45, 2.75) is 12.8 Å². The number of benzene rings is 1. The topological polar surface area (TPSA) is 26.0 Å². The van der Waals surface area contributed by atoms with Gasteiger partial charge < -0.3 is 5.73 Å². The van der Waals surface area contributed by atoms with Gasteiger partial charge in [0.15, 0.2) is 0 Å². The molecule has 0 aliphatic carbocycles. The summed E-state index contributed by atoms with van der Waals surface area (Å²) in [5.74, 6) is 0. The lowest BCUT2D eigenvalue weighted by molar-refractivity contribution is 1.00. The van der Waals surface area contributed by atoms with Crippen molar-refractivity contribution in [1.82, 2.24) is 0 Å². The molecule has 0 saturated heterocycles. The smallest absolute Gasteiger partial charge is 0.0175 e. The summed E-state index contributed by atoms with van der Waals surface area (Å²) in [7, 11) is 0. The largest absolute Gasteiger partial charge is 0.330 e. The lowest BCUT2D eigenvalue weighted by Crippen LogP contribution is -1.95. The van der Waals surface area contributed by atoms with Crippen LogP contribution in [0.3, 0.4) is 0 Å². The second kappa shape index (κ2) is 5.95. The summed E-state index contributed by atoms with van der Waals surface area (Å²) < 4.78 is 1.13. The van der Waals surface area contributed by atoms with Gasteiger partial charge in [0.05, 0.1) is 0 Å². The standard InChI is InChI=1S/C11H14BrN/c12-11-7-5-10(6-8-11)4-2-1-3-9-13/h1-2,5-8H,3-4,9,13H2. The van der Waals surface area contributed by atoms with Crippen molar-refractivity contribution < 1.29 is 0 Å². The molecule has 0 aromatic heterocycles. The minimum Gasteiger partial charge on any atom is -0.330 e. The van der Waals surface area contributed by atoms with Crippen molar-refractivity contribution in [2.75, 3.05) is 6.54 Å². The fraction of sp³-hybridized carbons (Fsp3) is 0.273. The molecule has 0 radical (unpaired) electrons. The minimum absolute atomic E-state index is 0.733. The summed E-state index contributed by atoms with van der Waals surface area (Å²) in [6.07, 6.45) is 6.25. The van der Waals surface area contributed by atoms with Crippen LogP contribution < -0.4 is 5.73 Å². The van der Waals surface area contributed by atoms with Gasteiger partial charge in [-0.1, -0.05) is 40.2 Å². The molecule has 0 atom stereocenters. The van der Waals surface area contributed by atoms with Crippen LogP contribution >= 0.6 is 15.9 Å². The lowest BCUT2D eigenvalue weighted by atomic mass is 10.1. The Bertz CT molecular complexity index is 264. The quantitative estimate of drug-likeness (QED) is 0.804. The number of allylic oxidation sites excluding steroid dienone is 1. The zero-order valence-electron chi connectivity index (χ0n) is 7.54. The van der Waals surface area contributed by atoms with E-state index in [-0.39, 0.29) is 0 Å². The van der Waals surface area contributed by atoms with Gasteiger partial charge >= 0.3 is 0 Å². The predicted octanol–water partition coefficient (Wildman–Crippen LogP) is 2.90.